The third-order valence-corrected chi connectivity index (χ3v) is 6.16. The van der Waals surface area contributed by atoms with Crippen molar-refractivity contribution in [3.8, 4) is 5.69 Å². The molecule has 0 saturated heterocycles. The maximum absolute atomic E-state index is 13.4. The minimum Gasteiger partial charge on any atom is -0.320 e. The first kappa shape index (κ1) is 19.6. The zero-order valence-electron chi connectivity index (χ0n) is 16.8. The highest BCUT2D eigenvalue weighted by atomic mass is 19.4. The number of fused-ring (bicyclic) bond motifs is 1. The molecule has 160 valence electrons. The zero-order valence-corrected chi connectivity index (χ0v) is 16.8. The van der Waals surface area contributed by atoms with E-state index < -0.39 is 17.4 Å². The second-order valence-corrected chi connectivity index (χ2v) is 8.02. The summed E-state index contributed by atoms with van der Waals surface area (Å²) in [7, 11) is 1.90. The van der Waals surface area contributed by atoms with Crippen LogP contribution in [0, 0.1) is 5.92 Å². The molecule has 1 aliphatic carbocycles. The second kappa shape index (κ2) is 7.11. The Kier molecular flexibility index (Phi) is 4.49. The Balaban J connectivity index is 1.64. The van der Waals surface area contributed by atoms with E-state index in [9.17, 15) is 18.0 Å². The fraction of sp³-hybridized carbons (Fsp3) is 0.318. The Hall–Kier alpha value is -3.36. The van der Waals surface area contributed by atoms with Crippen LogP contribution in [0.15, 0.2) is 59.9 Å². The van der Waals surface area contributed by atoms with Gasteiger partial charge < -0.3 is 4.57 Å². The minimum atomic E-state index is -4.55. The van der Waals surface area contributed by atoms with Gasteiger partial charge in [0, 0.05) is 25.4 Å². The van der Waals surface area contributed by atoms with Crippen LogP contribution in [0.3, 0.4) is 0 Å². The molecule has 1 aromatic carbocycles. The molecule has 1 aliphatic rings. The molecule has 0 aliphatic heterocycles. The molecule has 31 heavy (non-hydrogen) atoms. The number of pyridine rings is 1. The lowest BCUT2D eigenvalue weighted by molar-refractivity contribution is -0.136. The lowest BCUT2D eigenvalue weighted by Gasteiger charge is -2.33. The number of rotatable bonds is 4. The van der Waals surface area contributed by atoms with Gasteiger partial charge in [-0.25, -0.2) is 4.79 Å². The van der Waals surface area contributed by atoms with Crippen molar-refractivity contribution < 1.29 is 13.2 Å². The summed E-state index contributed by atoms with van der Waals surface area (Å²) in [6.07, 6.45) is 3.03. The number of hydrogen-bond donors (Lipinski definition) is 0. The average molecular weight is 427 g/mol. The lowest BCUT2D eigenvalue weighted by atomic mass is 9.72. The molecule has 0 amide bonds. The largest absolute Gasteiger partial charge is 0.418 e. The fourth-order valence-electron chi connectivity index (χ4n) is 4.38. The van der Waals surface area contributed by atoms with E-state index in [4.69, 9.17) is 0 Å². The number of alkyl halides is 3. The fourth-order valence-corrected chi connectivity index (χ4v) is 4.38. The van der Waals surface area contributed by atoms with Crippen molar-refractivity contribution in [2.75, 3.05) is 0 Å². The van der Waals surface area contributed by atoms with E-state index in [0.29, 0.717) is 11.6 Å². The van der Waals surface area contributed by atoms with E-state index in [1.807, 2.05) is 29.8 Å². The maximum Gasteiger partial charge on any atom is 0.418 e. The first-order valence-corrected chi connectivity index (χ1v) is 10.1. The summed E-state index contributed by atoms with van der Waals surface area (Å²) in [4.78, 5) is 12.9. The molecule has 0 spiro atoms. The summed E-state index contributed by atoms with van der Waals surface area (Å²) >= 11 is 0. The number of aryl methyl sites for hydroxylation is 1. The molecule has 1 fully saturated rings. The zero-order chi connectivity index (χ0) is 21.8. The normalized spacial score (nSPS) is 15.9. The Morgan fingerprint density at radius 2 is 1.97 bits per heavy atom. The van der Waals surface area contributed by atoms with E-state index >= 15 is 0 Å². The summed E-state index contributed by atoms with van der Waals surface area (Å²) < 4.78 is 44.5. The Labute approximate surface area is 175 Å². The third-order valence-electron chi connectivity index (χ3n) is 6.16. The number of benzene rings is 1. The van der Waals surface area contributed by atoms with Crippen LogP contribution < -0.4 is 5.69 Å². The van der Waals surface area contributed by atoms with Gasteiger partial charge in [0.25, 0.3) is 0 Å². The van der Waals surface area contributed by atoms with Crippen molar-refractivity contribution in [3.63, 3.8) is 0 Å². The van der Waals surface area contributed by atoms with Crippen LogP contribution in [-0.2, 0) is 13.2 Å². The quantitative estimate of drug-likeness (QED) is 0.491. The predicted molar refractivity (Wildman–Crippen MR) is 108 cm³/mol. The molecular formula is C22H20F3N5O. The minimum absolute atomic E-state index is 0.0136. The SMILES string of the molecule is Cn1cnnc1[C@H](c1cccc(-n2cc3c(C(F)(F)F)cccn3c2=O)c1)C1CCC1. The van der Waals surface area contributed by atoms with Gasteiger partial charge in [0.15, 0.2) is 0 Å². The van der Waals surface area contributed by atoms with Crippen LogP contribution in [0.1, 0.15) is 42.1 Å². The van der Waals surface area contributed by atoms with E-state index in [2.05, 4.69) is 10.2 Å². The van der Waals surface area contributed by atoms with Crippen LogP contribution in [0.4, 0.5) is 13.2 Å². The standard InChI is InChI=1S/C22H20F3N5O/c1-28-13-26-27-20(28)19(14-5-2-6-14)15-7-3-8-16(11-15)30-12-18-17(22(23,24)25)9-4-10-29(18)21(30)31/h3-4,7-14,19H,2,5-6H2,1H3/t19-/m0/s1. The Morgan fingerprint density at radius 3 is 2.61 bits per heavy atom. The summed E-state index contributed by atoms with van der Waals surface area (Å²) in [6, 6.07) is 9.61. The van der Waals surface area contributed by atoms with E-state index in [1.165, 1.54) is 23.0 Å². The van der Waals surface area contributed by atoms with Gasteiger partial charge in [-0.05, 0) is 48.6 Å². The van der Waals surface area contributed by atoms with Crippen molar-refractivity contribution in [2.24, 2.45) is 13.0 Å². The van der Waals surface area contributed by atoms with Crippen LogP contribution in [-0.4, -0.2) is 23.7 Å². The first-order valence-electron chi connectivity index (χ1n) is 10.1. The summed E-state index contributed by atoms with van der Waals surface area (Å²) in [5.74, 6) is 1.27. The highest BCUT2D eigenvalue weighted by Gasteiger charge is 2.34. The Bertz CT molecular complexity index is 1310. The topological polar surface area (TPSA) is 57.1 Å². The van der Waals surface area contributed by atoms with Crippen LogP contribution in [0.2, 0.25) is 0 Å². The van der Waals surface area contributed by atoms with E-state index in [-0.39, 0.29) is 11.4 Å². The molecule has 4 aromatic rings. The van der Waals surface area contributed by atoms with Gasteiger partial charge >= 0.3 is 11.9 Å². The molecule has 3 heterocycles. The molecule has 6 nitrogen and oxygen atoms in total. The molecule has 1 atom stereocenters. The molecule has 9 heteroatoms. The number of nitrogens with zero attached hydrogens (tertiary/aromatic N) is 5. The van der Waals surface area contributed by atoms with Crippen LogP contribution in [0.25, 0.3) is 11.2 Å². The molecule has 0 N–H and O–H groups in total. The molecule has 0 bridgehead atoms. The van der Waals surface area contributed by atoms with Crippen molar-refractivity contribution in [1.29, 1.82) is 0 Å². The summed E-state index contributed by atoms with van der Waals surface area (Å²) in [6.45, 7) is 0. The molecule has 0 radical (unpaired) electrons. The van der Waals surface area contributed by atoms with Crippen molar-refractivity contribution in [3.05, 3.63) is 82.6 Å². The molecule has 3 aromatic heterocycles. The Morgan fingerprint density at radius 1 is 1.16 bits per heavy atom. The summed E-state index contributed by atoms with van der Waals surface area (Å²) in [5.41, 5.74) is -0.0675. The number of aromatic nitrogens is 5. The highest BCUT2D eigenvalue weighted by Crippen LogP contribution is 2.42. The summed E-state index contributed by atoms with van der Waals surface area (Å²) in [5, 5.41) is 8.32. The monoisotopic (exact) mass is 427 g/mol. The van der Waals surface area contributed by atoms with Gasteiger partial charge in [-0.2, -0.15) is 13.2 Å². The maximum atomic E-state index is 13.4. The first-order chi connectivity index (χ1) is 14.8. The van der Waals surface area contributed by atoms with Crippen molar-refractivity contribution in [2.45, 2.75) is 31.4 Å². The highest BCUT2D eigenvalue weighted by molar-refractivity contribution is 5.56. The second-order valence-electron chi connectivity index (χ2n) is 8.02. The third kappa shape index (κ3) is 3.24. The molecule has 1 saturated carbocycles. The van der Waals surface area contributed by atoms with Gasteiger partial charge in [-0.1, -0.05) is 18.6 Å². The smallest absolute Gasteiger partial charge is 0.320 e. The van der Waals surface area contributed by atoms with Gasteiger partial charge in [0.05, 0.1) is 16.8 Å². The van der Waals surface area contributed by atoms with Crippen LogP contribution in [0.5, 0.6) is 0 Å². The lowest BCUT2D eigenvalue weighted by Crippen LogP contribution is -2.24. The van der Waals surface area contributed by atoms with Gasteiger partial charge in [-0.3, -0.25) is 8.97 Å². The van der Waals surface area contributed by atoms with Crippen molar-refractivity contribution in [1.82, 2.24) is 23.7 Å². The van der Waals surface area contributed by atoms with Crippen LogP contribution >= 0.6 is 0 Å². The molecule has 5 rings (SSSR count). The van der Waals surface area contributed by atoms with Crippen molar-refractivity contribution >= 4 is 5.52 Å². The average Bonchev–Trinajstić information content (AvgIpc) is 3.27. The van der Waals surface area contributed by atoms with Gasteiger partial charge in [0.2, 0.25) is 0 Å². The van der Waals surface area contributed by atoms with Gasteiger partial charge in [-0.15, -0.1) is 10.2 Å². The van der Waals surface area contributed by atoms with E-state index in [1.54, 1.807) is 12.4 Å². The van der Waals surface area contributed by atoms with E-state index in [0.717, 1.165) is 41.1 Å². The number of imidazole rings is 1. The molecular weight excluding hydrogens is 407 g/mol. The predicted octanol–water partition coefficient (Wildman–Crippen LogP) is 4.17. The van der Waals surface area contributed by atoms with Gasteiger partial charge in [0.1, 0.15) is 12.2 Å². The molecule has 0 unspecified atom stereocenters. The number of halogens is 3. The number of hydrogen-bond acceptors (Lipinski definition) is 3.